The Morgan fingerprint density at radius 1 is 1.03 bits per heavy atom. The van der Waals surface area contributed by atoms with Crippen molar-refractivity contribution in [1.82, 2.24) is 0 Å². The number of hydrogen-bond donors (Lipinski definition) is 1. The van der Waals surface area contributed by atoms with Crippen LogP contribution in [-0.2, 0) is 21.0 Å². The Morgan fingerprint density at radius 2 is 1.71 bits per heavy atom. The minimum Gasteiger partial charge on any atom is -0.324 e. The number of rotatable bonds is 7. The number of alkyl halides is 3. The molecule has 8 nitrogen and oxygen atoms in total. The van der Waals surface area contributed by atoms with Crippen LogP contribution in [-0.4, -0.2) is 25.8 Å². The third kappa shape index (κ3) is 5.64. The maximum absolute atomic E-state index is 13.2. The highest BCUT2D eigenvalue weighted by molar-refractivity contribution is 7.92. The van der Waals surface area contributed by atoms with E-state index >= 15 is 0 Å². The molecule has 3 aromatic rings. The van der Waals surface area contributed by atoms with Crippen molar-refractivity contribution in [2.75, 3.05) is 16.2 Å². The largest absolute Gasteiger partial charge is 0.417 e. The van der Waals surface area contributed by atoms with Gasteiger partial charge in [0.1, 0.15) is 6.54 Å². The molecule has 1 N–H and O–H groups in total. The number of anilines is 2. The summed E-state index contributed by atoms with van der Waals surface area (Å²) < 4.78 is 66.4. The van der Waals surface area contributed by atoms with Gasteiger partial charge in [0.25, 0.3) is 15.7 Å². The van der Waals surface area contributed by atoms with E-state index in [4.69, 9.17) is 11.6 Å². The van der Waals surface area contributed by atoms with Crippen molar-refractivity contribution in [3.8, 4) is 0 Å². The topological polar surface area (TPSA) is 110 Å². The molecule has 3 rings (SSSR count). The monoisotopic (exact) mass is 513 g/mol. The van der Waals surface area contributed by atoms with Crippen molar-refractivity contribution in [2.45, 2.75) is 11.1 Å². The van der Waals surface area contributed by atoms with Gasteiger partial charge < -0.3 is 5.32 Å². The SMILES string of the molecule is O=C(CN(c1cccc([N+](=O)[O-])c1)S(=O)(=O)c1ccccc1)Nc1ccc(Cl)c(C(F)(F)F)c1. The number of hydrogen-bond acceptors (Lipinski definition) is 5. The van der Waals surface area contributed by atoms with Crippen molar-refractivity contribution in [3.05, 3.63) is 93.5 Å². The van der Waals surface area contributed by atoms with Crippen LogP contribution in [0.15, 0.2) is 77.7 Å². The van der Waals surface area contributed by atoms with Crippen molar-refractivity contribution < 1.29 is 31.3 Å². The summed E-state index contributed by atoms with van der Waals surface area (Å²) in [6, 6.07) is 14.3. The summed E-state index contributed by atoms with van der Waals surface area (Å²) in [4.78, 5) is 22.9. The molecule has 0 unspecified atom stereocenters. The van der Waals surface area contributed by atoms with E-state index in [1.54, 1.807) is 6.07 Å². The Balaban J connectivity index is 1.97. The summed E-state index contributed by atoms with van der Waals surface area (Å²) in [5.74, 6) is -0.985. The molecule has 0 bridgehead atoms. The van der Waals surface area contributed by atoms with Gasteiger partial charge in [-0.1, -0.05) is 35.9 Å². The molecule has 0 spiro atoms. The van der Waals surface area contributed by atoms with Crippen LogP contribution in [0.1, 0.15) is 5.56 Å². The lowest BCUT2D eigenvalue weighted by Gasteiger charge is -2.24. The Bertz CT molecular complexity index is 1330. The summed E-state index contributed by atoms with van der Waals surface area (Å²) in [6.45, 7) is -0.873. The van der Waals surface area contributed by atoms with E-state index in [0.717, 1.165) is 24.3 Å². The lowest BCUT2D eigenvalue weighted by atomic mass is 10.2. The highest BCUT2D eigenvalue weighted by atomic mass is 35.5. The number of nitro groups is 1. The molecule has 0 saturated heterocycles. The van der Waals surface area contributed by atoms with Gasteiger partial charge in [-0.25, -0.2) is 8.42 Å². The molecule has 0 fully saturated rings. The number of nitrogens with zero attached hydrogens (tertiary/aromatic N) is 2. The van der Waals surface area contributed by atoms with Crippen LogP contribution >= 0.6 is 11.6 Å². The number of amides is 1. The first kappa shape index (κ1) is 25.0. The molecule has 0 aromatic heterocycles. The number of nitrogens with one attached hydrogen (secondary N) is 1. The first-order chi connectivity index (χ1) is 15.9. The molecule has 0 radical (unpaired) electrons. The molecule has 34 heavy (non-hydrogen) atoms. The standard InChI is InChI=1S/C21H15ClF3N3O5S/c22-19-10-9-14(11-18(19)21(23,24)25)26-20(29)13-27(15-5-4-6-16(12-15)28(30)31)34(32,33)17-7-2-1-3-8-17/h1-12H,13H2,(H,26,29). The van der Waals surface area contributed by atoms with Crippen LogP contribution < -0.4 is 9.62 Å². The van der Waals surface area contributed by atoms with E-state index < -0.39 is 49.8 Å². The summed E-state index contributed by atoms with van der Waals surface area (Å²) in [7, 11) is -4.37. The predicted molar refractivity (Wildman–Crippen MR) is 119 cm³/mol. The van der Waals surface area contributed by atoms with Crippen LogP contribution in [0.3, 0.4) is 0 Å². The highest BCUT2D eigenvalue weighted by Crippen LogP contribution is 2.36. The fraction of sp³-hybridized carbons (Fsp3) is 0.0952. The minimum absolute atomic E-state index is 0.180. The van der Waals surface area contributed by atoms with Crippen LogP contribution in [0, 0.1) is 10.1 Å². The second-order valence-electron chi connectivity index (χ2n) is 6.84. The second-order valence-corrected chi connectivity index (χ2v) is 9.11. The Morgan fingerprint density at radius 3 is 2.32 bits per heavy atom. The fourth-order valence-electron chi connectivity index (χ4n) is 2.95. The molecule has 3 aromatic carbocycles. The number of benzene rings is 3. The minimum atomic E-state index is -4.77. The lowest BCUT2D eigenvalue weighted by molar-refractivity contribution is -0.384. The van der Waals surface area contributed by atoms with E-state index in [1.165, 1.54) is 36.4 Å². The number of sulfonamides is 1. The Kier molecular flexibility index (Phi) is 7.12. The number of halogens is 4. The first-order valence-corrected chi connectivity index (χ1v) is 11.2. The van der Waals surface area contributed by atoms with Crippen molar-refractivity contribution in [3.63, 3.8) is 0 Å². The summed E-state index contributed by atoms with van der Waals surface area (Å²) in [6.07, 6.45) is -4.77. The Labute approximate surface area is 196 Å². The van der Waals surface area contributed by atoms with E-state index in [0.29, 0.717) is 10.4 Å². The summed E-state index contributed by atoms with van der Waals surface area (Å²) in [5.41, 5.74) is -2.05. The first-order valence-electron chi connectivity index (χ1n) is 9.38. The molecule has 178 valence electrons. The van der Waals surface area contributed by atoms with Gasteiger partial charge in [0.05, 0.1) is 26.1 Å². The zero-order chi connectivity index (χ0) is 25.1. The zero-order valence-electron chi connectivity index (χ0n) is 17.0. The average molecular weight is 514 g/mol. The number of non-ortho nitro benzene ring substituents is 1. The quantitative estimate of drug-likeness (QED) is 0.349. The smallest absolute Gasteiger partial charge is 0.324 e. The summed E-state index contributed by atoms with van der Waals surface area (Å²) >= 11 is 5.57. The van der Waals surface area contributed by atoms with Gasteiger partial charge in [0.15, 0.2) is 0 Å². The normalized spacial score (nSPS) is 11.6. The van der Waals surface area contributed by atoms with E-state index in [1.807, 2.05) is 0 Å². The molecular weight excluding hydrogens is 499 g/mol. The predicted octanol–water partition coefficient (Wildman–Crippen LogP) is 5.10. The number of carbonyl (C=O) groups is 1. The van der Waals surface area contributed by atoms with Crippen LogP contribution in [0.5, 0.6) is 0 Å². The molecule has 13 heteroatoms. The third-order valence-electron chi connectivity index (χ3n) is 4.50. The molecule has 1 amide bonds. The molecule has 0 heterocycles. The van der Waals surface area contributed by atoms with Gasteiger partial charge in [0.2, 0.25) is 5.91 Å². The number of carbonyl (C=O) groups excluding carboxylic acids is 1. The van der Waals surface area contributed by atoms with Gasteiger partial charge in [-0.15, -0.1) is 0 Å². The molecule has 0 aliphatic carbocycles. The van der Waals surface area contributed by atoms with E-state index in [2.05, 4.69) is 5.32 Å². The third-order valence-corrected chi connectivity index (χ3v) is 6.62. The zero-order valence-corrected chi connectivity index (χ0v) is 18.6. The highest BCUT2D eigenvalue weighted by Gasteiger charge is 2.34. The van der Waals surface area contributed by atoms with Gasteiger partial charge >= 0.3 is 6.18 Å². The van der Waals surface area contributed by atoms with E-state index in [9.17, 15) is 36.5 Å². The lowest BCUT2D eigenvalue weighted by Crippen LogP contribution is -2.38. The number of nitro benzene ring substituents is 1. The maximum Gasteiger partial charge on any atom is 0.417 e. The second kappa shape index (κ2) is 9.69. The van der Waals surface area contributed by atoms with Gasteiger partial charge in [-0.05, 0) is 36.4 Å². The van der Waals surface area contributed by atoms with Crippen LogP contribution in [0.4, 0.5) is 30.2 Å². The van der Waals surface area contributed by atoms with Gasteiger partial charge in [0, 0.05) is 17.8 Å². The molecule has 0 aliphatic rings. The maximum atomic E-state index is 13.2. The van der Waals surface area contributed by atoms with Gasteiger partial charge in [-0.2, -0.15) is 13.2 Å². The fourth-order valence-corrected chi connectivity index (χ4v) is 4.61. The molecule has 0 atom stereocenters. The van der Waals surface area contributed by atoms with Crippen molar-refractivity contribution in [1.29, 1.82) is 0 Å². The Hall–Kier alpha value is -3.64. The molecule has 0 saturated carbocycles. The van der Waals surface area contributed by atoms with Gasteiger partial charge in [-0.3, -0.25) is 19.2 Å². The van der Waals surface area contributed by atoms with Crippen LogP contribution in [0.2, 0.25) is 5.02 Å². The average Bonchev–Trinajstić information content (AvgIpc) is 2.78. The molecular formula is C21H15ClF3N3O5S. The van der Waals surface area contributed by atoms with Crippen molar-refractivity contribution in [2.24, 2.45) is 0 Å². The van der Waals surface area contributed by atoms with Crippen LogP contribution in [0.25, 0.3) is 0 Å². The summed E-state index contributed by atoms with van der Waals surface area (Å²) in [5, 5.41) is 12.8. The van der Waals surface area contributed by atoms with E-state index in [-0.39, 0.29) is 16.3 Å². The molecule has 0 aliphatic heterocycles. The van der Waals surface area contributed by atoms with Crippen molar-refractivity contribution >= 4 is 44.6 Å².